The van der Waals surface area contributed by atoms with Crippen molar-refractivity contribution in [1.82, 2.24) is 4.90 Å². The van der Waals surface area contributed by atoms with E-state index in [1.165, 1.54) is 12.1 Å². The van der Waals surface area contributed by atoms with Gasteiger partial charge in [-0.3, -0.25) is 4.79 Å². The van der Waals surface area contributed by atoms with Crippen LogP contribution in [0.15, 0.2) is 48.5 Å². The van der Waals surface area contributed by atoms with E-state index < -0.39 is 0 Å². The third-order valence-corrected chi connectivity index (χ3v) is 5.00. The van der Waals surface area contributed by atoms with Gasteiger partial charge in [0.15, 0.2) is 0 Å². The Hall–Kier alpha value is -2.04. The van der Waals surface area contributed by atoms with Crippen LogP contribution in [-0.4, -0.2) is 37.0 Å². The van der Waals surface area contributed by atoms with Gasteiger partial charge in [0.25, 0.3) is 0 Å². The summed E-state index contributed by atoms with van der Waals surface area (Å²) in [7, 11) is 0. The number of piperazine rings is 1. The molecule has 2 aromatic carbocycles. The van der Waals surface area contributed by atoms with Crippen LogP contribution in [0.5, 0.6) is 0 Å². The molecule has 3 rings (SSSR count). The van der Waals surface area contributed by atoms with E-state index in [9.17, 15) is 9.18 Å². The minimum Gasteiger partial charge on any atom is -0.366 e. The van der Waals surface area contributed by atoms with Gasteiger partial charge in [-0.1, -0.05) is 47.5 Å². The molecule has 1 heterocycles. The molecule has 0 atom stereocenters. The summed E-state index contributed by atoms with van der Waals surface area (Å²) in [6.07, 6.45) is 3.16. The van der Waals surface area contributed by atoms with E-state index in [1.807, 2.05) is 11.0 Å². The number of anilines is 1. The zero-order valence-corrected chi connectivity index (χ0v) is 15.0. The third kappa shape index (κ3) is 4.14. The van der Waals surface area contributed by atoms with Gasteiger partial charge >= 0.3 is 0 Å². The van der Waals surface area contributed by atoms with Crippen molar-refractivity contribution in [3.05, 3.63) is 70.0 Å². The van der Waals surface area contributed by atoms with Crippen molar-refractivity contribution in [2.24, 2.45) is 0 Å². The Balaban J connectivity index is 1.61. The van der Waals surface area contributed by atoms with E-state index in [0.29, 0.717) is 47.5 Å². The lowest BCUT2D eigenvalue weighted by atomic mass is 10.2. The Kier molecular flexibility index (Phi) is 5.61. The number of amides is 1. The first-order chi connectivity index (χ1) is 12.1. The van der Waals surface area contributed by atoms with Crippen molar-refractivity contribution in [3.8, 4) is 0 Å². The standard InChI is InChI=1S/C19H17Cl2FN2O/c20-15-5-3-4-14(19(15)21)8-9-18(25)24-12-10-23(11-13-24)17-7-2-1-6-16(17)22/h1-9H,10-13H2/b9-8+. The number of para-hydroxylation sites is 1. The van der Waals surface area contributed by atoms with Gasteiger partial charge in [-0.2, -0.15) is 0 Å². The van der Waals surface area contributed by atoms with Crippen molar-refractivity contribution in [2.75, 3.05) is 31.1 Å². The van der Waals surface area contributed by atoms with Crippen LogP contribution < -0.4 is 4.90 Å². The molecule has 1 aliphatic rings. The molecule has 0 saturated carbocycles. The molecule has 1 fully saturated rings. The Morgan fingerprint density at radius 3 is 2.44 bits per heavy atom. The largest absolute Gasteiger partial charge is 0.366 e. The van der Waals surface area contributed by atoms with E-state index in [0.717, 1.165) is 0 Å². The molecular formula is C19H17Cl2FN2O. The quantitative estimate of drug-likeness (QED) is 0.734. The zero-order chi connectivity index (χ0) is 17.8. The van der Waals surface area contributed by atoms with Crippen LogP contribution in [-0.2, 0) is 4.79 Å². The first-order valence-corrected chi connectivity index (χ1v) is 8.72. The highest BCUT2D eigenvalue weighted by Gasteiger charge is 2.21. The maximum Gasteiger partial charge on any atom is 0.246 e. The van der Waals surface area contributed by atoms with Gasteiger partial charge in [0.1, 0.15) is 5.82 Å². The smallest absolute Gasteiger partial charge is 0.246 e. The monoisotopic (exact) mass is 378 g/mol. The number of carbonyl (C=O) groups is 1. The van der Waals surface area contributed by atoms with Crippen LogP contribution in [0.4, 0.5) is 10.1 Å². The maximum absolute atomic E-state index is 13.9. The topological polar surface area (TPSA) is 23.6 Å². The normalized spacial score (nSPS) is 15.0. The van der Waals surface area contributed by atoms with Gasteiger partial charge in [-0.25, -0.2) is 4.39 Å². The summed E-state index contributed by atoms with van der Waals surface area (Å²) in [6.45, 7) is 2.28. The van der Waals surface area contributed by atoms with E-state index in [4.69, 9.17) is 23.2 Å². The second-order valence-electron chi connectivity index (χ2n) is 5.74. The average molecular weight is 379 g/mol. The molecule has 0 unspecified atom stereocenters. The van der Waals surface area contributed by atoms with Gasteiger partial charge in [0.05, 0.1) is 15.7 Å². The highest BCUT2D eigenvalue weighted by Crippen LogP contribution is 2.26. The number of benzene rings is 2. The molecule has 3 nitrogen and oxygen atoms in total. The second-order valence-corrected chi connectivity index (χ2v) is 6.53. The van der Waals surface area contributed by atoms with E-state index in [-0.39, 0.29) is 11.7 Å². The van der Waals surface area contributed by atoms with Crippen molar-refractivity contribution in [2.45, 2.75) is 0 Å². The lowest BCUT2D eigenvalue weighted by Crippen LogP contribution is -2.48. The van der Waals surface area contributed by atoms with Gasteiger partial charge in [0, 0.05) is 32.3 Å². The number of rotatable bonds is 3. The zero-order valence-electron chi connectivity index (χ0n) is 13.5. The molecule has 0 N–H and O–H groups in total. The third-order valence-electron chi connectivity index (χ3n) is 4.17. The first-order valence-electron chi connectivity index (χ1n) is 7.97. The molecule has 6 heteroatoms. The van der Waals surface area contributed by atoms with E-state index in [2.05, 4.69) is 0 Å². The summed E-state index contributed by atoms with van der Waals surface area (Å²) in [5.74, 6) is -0.331. The van der Waals surface area contributed by atoms with Crippen LogP contribution in [0.3, 0.4) is 0 Å². The molecule has 1 amide bonds. The van der Waals surface area contributed by atoms with Crippen molar-refractivity contribution < 1.29 is 9.18 Å². The van der Waals surface area contributed by atoms with Crippen LogP contribution >= 0.6 is 23.2 Å². The summed E-state index contributed by atoms with van der Waals surface area (Å²) in [5, 5.41) is 0.882. The summed E-state index contributed by atoms with van der Waals surface area (Å²) in [5.41, 5.74) is 1.28. The van der Waals surface area contributed by atoms with Gasteiger partial charge < -0.3 is 9.80 Å². The number of nitrogens with zero attached hydrogens (tertiary/aromatic N) is 2. The van der Waals surface area contributed by atoms with Crippen molar-refractivity contribution >= 4 is 40.9 Å². The van der Waals surface area contributed by atoms with Gasteiger partial charge in [-0.15, -0.1) is 0 Å². The first kappa shape index (κ1) is 17.8. The molecule has 0 bridgehead atoms. The van der Waals surface area contributed by atoms with Gasteiger partial charge in [0.2, 0.25) is 5.91 Å². The highest BCUT2D eigenvalue weighted by molar-refractivity contribution is 6.42. The number of hydrogen-bond acceptors (Lipinski definition) is 2. The van der Waals surface area contributed by atoms with Crippen LogP contribution in [0.2, 0.25) is 10.0 Å². The van der Waals surface area contributed by atoms with E-state index >= 15 is 0 Å². The summed E-state index contributed by atoms with van der Waals surface area (Å²) in [6, 6.07) is 12.0. The average Bonchev–Trinajstić information content (AvgIpc) is 2.63. The Bertz CT molecular complexity index is 802. The number of halogens is 3. The molecular weight excluding hydrogens is 362 g/mol. The predicted octanol–water partition coefficient (Wildman–Crippen LogP) is 4.49. The molecule has 1 aliphatic heterocycles. The lowest BCUT2D eigenvalue weighted by Gasteiger charge is -2.35. The Labute approximate surface area is 156 Å². The fourth-order valence-electron chi connectivity index (χ4n) is 2.79. The predicted molar refractivity (Wildman–Crippen MR) is 101 cm³/mol. The molecule has 2 aromatic rings. The van der Waals surface area contributed by atoms with Crippen LogP contribution in [0.1, 0.15) is 5.56 Å². The Morgan fingerprint density at radius 1 is 1.00 bits per heavy atom. The molecule has 0 radical (unpaired) electrons. The molecule has 1 saturated heterocycles. The summed E-state index contributed by atoms with van der Waals surface area (Å²) >= 11 is 12.1. The molecule has 0 aromatic heterocycles. The van der Waals surface area contributed by atoms with E-state index in [1.54, 1.807) is 41.3 Å². The van der Waals surface area contributed by atoms with Gasteiger partial charge in [-0.05, 0) is 29.8 Å². The van der Waals surface area contributed by atoms with Crippen LogP contribution in [0, 0.1) is 5.82 Å². The minimum absolute atomic E-state index is 0.0933. The fraction of sp³-hybridized carbons (Fsp3) is 0.211. The molecule has 0 spiro atoms. The number of carbonyl (C=O) groups excluding carboxylic acids is 1. The highest BCUT2D eigenvalue weighted by atomic mass is 35.5. The van der Waals surface area contributed by atoms with Crippen LogP contribution in [0.25, 0.3) is 6.08 Å². The molecule has 0 aliphatic carbocycles. The lowest BCUT2D eigenvalue weighted by molar-refractivity contribution is -0.126. The molecule has 25 heavy (non-hydrogen) atoms. The molecule has 130 valence electrons. The number of hydrogen-bond donors (Lipinski definition) is 0. The Morgan fingerprint density at radius 2 is 1.72 bits per heavy atom. The van der Waals surface area contributed by atoms with Crippen molar-refractivity contribution in [1.29, 1.82) is 0 Å². The summed E-state index contributed by atoms with van der Waals surface area (Å²) < 4.78 is 13.9. The van der Waals surface area contributed by atoms with Crippen molar-refractivity contribution in [3.63, 3.8) is 0 Å². The summed E-state index contributed by atoms with van der Waals surface area (Å²) in [4.78, 5) is 16.0. The SMILES string of the molecule is O=C(/C=C/c1cccc(Cl)c1Cl)N1CCN(c2ccccc2F)CC1. The minimum atomic E-state index is -0.238. The second kappa shape index (κ2) is 7.89. The maximum atomic E-state index is 13.9. The fourth-order valence-corrected chi connectivity index (χ4v) is 3.16.